The Hall–Kier alpha value is -3.68. The van der Waals surface area contributed by atoms with Gasteiger partial charge in [-0.25, -0.2) is 0 Å². The first-order chi connectivity index (χ1) is 15.3. The zero-order valence-corrected chi connectivity index (χ0v) is 18.0. The van der Waals surface area contributed by atoms with Gasteiger partial charge in [0, 0.05) is 36.6 Å². The summed E-state index contributed by atoms with van der Waals surface area (Å²) in [5, 5.41) is 2.61. The number of hydrogen-bond donors (Lipinski definition) is 1. The number of hydrogen-bond acceptors (Lipinski definition) is 7. The summed E-state index contributed by atoms with van der Waals surface area (Å²) in [6.07, 6.45) is -0.431. The molecular formula is C24H25NO7. The van der Waals surface area contributed by atoms with Crippen LogP contribution in [-0.4, -0.2) is 42.8 Å². The van der Waals surface area contributed by atoms with E-state index in [-0.39, 0.29) is 30.3 Å². The van der Waals surface area contributed by atoms with Gasteiger partial charge in [0.2, 0.25) is 11.7 Å². The Morgan fingerprint density at radius 2 is 1.59 bits per heavy atom. The quantitative estimate of drug-likeness (QED) is 0.495. The van der Waals surface area contributed by atoms with E-state index in [9.17, 15) is 19.2 Å². The molecule has 2 aromatic rings. The molecule has 0 fully saturated rings. The van der Waals surface area contributed by atoms with E-state index in [1.54, 1.807) is 42.5 Å². The minimum absolute atomic E-state index is 0.0508. The Labute approximate surface area is 185 Å². The summed E-state index contributed by atoms with van der Waals surface area (Å²) in [5.74, 6) is -0.348. The lowest BCUT2D eigenvalue weighted by Crippen LogP contribution is -2.24. The van der Waals surface area contributed by atoms with E-state index < -0.39 is 12.1 Å². The second-order valence-electron chi connectivity index (χ2n) is 7.39. The number of esters is 1. The minimum Gasteiger partial charge on any atom is -0.490 e. The van der Waals surface area contributed by atoms with Crippen molar-refractivity contribution >= 4 is 29.1 Å². The van der Waals surface area contributed by atoms with Gasteiger partial charge in [-0.3, -0.25) is 19.2 Å². The predicted octanol–water partition coefficient (Wildman–Crippen LogP) is 3.58. The molecule has 1 unspecified atom stereocenters. The average Bonchev–Trinajstić information content (AvgIpc) is 3.02. The molecule has 3 rings (SSSR count). The van der Waals surface area contributed by atoms with Crippen molar-refractivity contribution in [2.24, 2.45) is 0 Å². The topological polar surface area (TPSA) is 108 Å². The number of fused-ring (bicyclic) bond motifs is 1. The van der Waals surface area contributed by atoms with Gasteiger partial charge in [-0.2, -0.15) is 0 Å². The molecule has 1 heterocycles. The van der Waals surface area contributed by atoms with Crippen LogP contribution in [0.5, 0.6) is 11.5 Å². The van der Waals surface area contributed by atoms with Gasteiger partial charge in [-0.1, -0.05) is 0 Å². The summed E-state index contributed by atoms with van der Waals surface area (Å²) >= 11 is 0. The van der Waals surface area contributed by atoms with Gasteiger partial charge < -0.3 is 19.5 Å². The van der Waals surface area contributed by atoms with E-state index in [0.29, 0.717) is 41.5 Å². The molecule has 0 saturated carbocycles. The lowest BCUT2D eigenvalue weighted by Gasteiger charge is -2.13. The van der Waals surface area contributed by atoms with Crippen LogP contribution in [0.25, 0.3) is 0 Å². The first-order valence-electron chi connectivity index (χ1n) is 10.4. The molecule has 0 aromatic heterocycles. The average molecular weight is 439 g/mol. The molecule has 0 bridgehead atoms. The van der Waals surface area contributed by atoms with Crippen molar-refractivity contribution in [3.05, 3.63) is 53.6 Å². The Kier molecular flexibility index (Phi) is 7.59. The maximum atomic E-state index is 12.5. The Morgan fingerprint density at radius 1 is 0.938 bits per heavy atom. The molecule has 8 nitrogen and oxygen atoms in total. The van der Waals surface area contributed by atoms with Gasteiger partial charge >= 0.3 is 5.97 Å². The summed E-state index contributed by atoms with van der Waals surface area (Å²) < 4.78 is 16.3. The van der Waals surface area contributed by atoms with Gasteiger partial charge in [-0.15, -0.1) is 0 Å². The van der Waals surface area contributed by atoms with Crippen LogP contribution in [0.1, 0.15) is 53.8 Å². The first-order valence-corrected chi connectivity index (χ1v) is 10.4. The molecule has 32 heavy (non-hydrogen) atoms. The van der Waals surface area contributed by atoms with Gasteiger partial charge in [0.1, 0.15) is 0 Å². The van der Waals surface area contributed by atoms with Crippen molar-refractivity contribution in [3.63, 3.8) is 0 Å². The first kappa shape index (κ1) is 23.0. The summed E-state index contributed by atoms with van der Waals surface area (Å²) in [6.45, 7) is 3.94. The highest BCUT2D eigenvalue weighted by atomic mass is 16.5. The molecule has 0 radical (unpaired) electrons. The lowest BCUT2D eigenvalue weighted by molar-refractivity contribution is -0.146. The monoisotopic (exact) mass is 439 g/mol. The van der Waals surface area contributed by atoms with Crippen molar-refractivity contribution in [3.8, 4) is 11.5 Å². The zero-order chi connectivity index (χ0) is 23.1. The van der Waals surface area contributed by atoms with Crippen LogP contribution in [0.15, 0.2) is 42.5 Å². The fraction of sp³-hybridized carbons (Fsp3) is 0.333. The SMILES string of the molecule is CC(=O)Nc1ccc(C(=O)C(C)OC(=O)CCC(=O)c2ccc3c(c2)OCCCO3)cc1. The number of anilines is 1. The third-order valence-corrected chi connectivity index (χ3v) is 4.79. The van der Waals surface area contributed by atoms with E-state index in [4.69, 9.17) is 14.2 Å². The molecule has 0 saturated heterocycles. The molecule has 0 aliphatic carbocycles. The van der Waals surface area contributed by atoms with E-state index in [0.717, 1.165) is 6.42 Å². The molecule has 1 aliphatic rings. The number of rotatable bonds is 8. The van der Waals surface area contributed by atoms with Crippen molar-refractivity contribution in [1.82, 2.24) is 0 Å². The van der Waals surface area contributed by atoms with Crippen molar-refractivity contribution in [1.29, 1.82) is 0 Å². The minimum atomic E-state index is -0.998. The van der Waals surface area contributed by atoms with Gasteiger partial charge in [0.15, 0.2) is 23.4 Å². The van der Waals surface area contributed by atoms with E-state index in [1.807, 2.05) is 0 Å². The van der Waals surface area contributed by atoms with Gasteiger partial charge in [-0.05, 0) is 49.4 Å². The Balaban J connectivity index is 1.50. The molecule has 0 spiro atoms. The standard InChI is InChI=1S/C24H25NO7/c1-15(24(29)17-4-7-19(8-5-17)25-16(2)26)32-23(28)11-9-20(27)18-6-10-21-22(14-18)31-13-3-12-30-21/h4-8,10,14-15H,3,9,11-13H2,1-2H3,(H,25,26). The normalized spacial score (nSPS) is 13.4. The Morgan fingerprint density at radius 3 is 2.28 bits per heavy atom. The number of benzene rings is 2. The summed E-state index contributed by atoms with van der Waals surface area (Å²) in [5.41, 5.74) is 1.33. The molecule has 8 heteroatoms. The van der Waals surface area contributed by atoms with Crippen LogP contribution in [0, 0.1) is 0 Å². The van der Waals surface area contributed by atoms with Crippen LogP contribution in [0.2, 0.25) is 0 Å². The van der Waals surface area contributed by atoms with Crippen LogP contribution < -0.4 is 14.8 Å². The van der Waals surface area contributed by atoms with Crippen molar-refractivity contribution < 1.29 is 33.4 Å². The number of ketones is 2. The highest BCUT2D eigenvalue weighted by Crippen LogP contribution is 2.30. The van der Waals surface area contributed by atoms with Crippen LogP contribution in [0.4, 0.5) is 5.69 Å². The fourth-order valence-electron chi connectivity index (χ4n) is 3.16. The van der Waals surface area contributed by atoms with Gasteiger partial charge in [0.25, 0.3) is 0 Å². The highest BCUT2D eigenvalue weighted by molar-refractivity contribution is 6.01. The Bertz CT molecular complexity index is 1010. The number of ether oxygens (including phenoxy) is 3. The number of Topliss-reactive ketones (excluding diaryl/α,β-unsaturated/α-hetero) is 2. The van der Waals surface area contributed by atoms with E-state index in [1.165, 1.54) is 13.8 Å². The van der Waals surface area contributed by atoms with E-state index >= 15 is 0 Å². The number of amides is 1. The molecule has 1 aliphatic heterocycles. The van der Waals surface area contributed by atoms with Crippen LogP contribution in [0.3, 0.4) is 0 Å². The number of nitrogens with one attached hydrogen (secondary N) is 1. The molecule has 1 atom stereocenters. The highest BCUT2D eigenvalue weighted by Gasteiger charge is 2.21. The molecule has 1 amide bonds. The summed E-state index contributed by atoms with van der Waals surface area (Å²) in [7, 11) is 0. The fourth-order valence-corrected chi connectivity index (χ4v) is 3.16. The van der Waals surface area contributed by atoms with Crippen LogP contribution in [-0.2, 0) is 14.3 Å². The lowest BCUT2D eigenvalue weighted by atomic mass is 10.1. The van der Waals surface area contributed by atoms with Crippen molar-refractivity contribution in [2.75, 3.05) is 18.5 Å². The molecule has 1 N–H and O–H groups in total. The van der Waals surface area contributed by atoms with E-state index in [2.05, 4.69) is 5.32 Å². The third kappa shape index (κ3) is 6.16. The second kappa shape index (κ2) is 10.6. The summed E-state index contributed by atoms with van der Waals surface area (Å²) in [4.78, 5) is 48.2. The van der Waals surface area contributed by atoms with Crippen LogP contribution >= 0.6 is 0 Å². The predicted molar refractivity (Wildman–Crippen MR) is 116 cm³/mol. The smallest absolute Gasteiger partial charge is 0.306 e. The van der Waals surface area contributed by atoms with Gasteiger partial charge in [0.05, 0.1) is 19.6 Å². The number of carbonyl (C=O) groups is 4. The number of carbonyl (C=O) groups excluding carboxylic acids is 4. The molecular weight excluding hydrogens is 414 g/mol. The van der Waals surface area contributed by atoms with Crippen molar-refractivity contribution in [2.45, 2.75) is 39.2 Å². The second-order valence-corrected chi connectivity index (χ2v) is 7.39. The molecule has 2 aromatic carbocycles. The largest absolute Gasteiger partial charge is 0.490 e. The third-order valence-electron chi connectivity index (χ3n) is 4.79. The maximum Gasteiger partial charge on any atom is 0.306 e. The zero-order valence-electron chi connectivity index (χ0n) is 18.0. The molecule has 168 valence electrons. The maximum absolute atomic E-state index is 12.5. The summed E-state index contributed by atoms with van der Waals surface area (Å²) in [6, 6.07) is 11.2.